The second-order valence-corrected chi connectivity index (χ2v) is 6.24. The SMILES string of the molecule is CSc1ccc(CN(C)Cc2nnnn2-c2ccccc2)cc1. The Bertz CT molecular complexity index is 739. The van der Waals surface area contributed by atoms with Crippen molar-refractivity contribution in [1.29, 1.82) is 0 Å². The van der Waals surface area contributed by atoms with E-state index in [-0.39, 0.29) is 0 Å². The molecule has 1 heterocycles. The van der Waals surface area contributed by atoms with Gasteiger partial charge in [0.1, 0.15) is 0 Å². The Hall–Kier alpha value is -2.18. The third-order valence-corrected chi connectivity index (χ3v) is 4.30. The fourth-order valence-electron chi connectivity index (χ4n) is 2.41. The van der Waals surface area contributed by atoms with Crippen LogP contribution in [-0.4, -0.2) is 38.4 Å². The number of hydrogen-bond acceptors (Lipinski definition) is 5. The quantitative estimate of drug-likeness (QED) is 0.652. The number of aromatic nitrogens is 4. The van der Waals surface area contributed by atoms with E-state index in [2.05, 4.69) is 58.0 Å². The lowest BCUT2D eigenvalue weighted by atomic mass is 10.2. The predicted octanol–water partition coefficient (Wildman–Crippen LogP) is 3.02. The Morgan fingerprint density at radius 2 is 1.74 bits per heavy atom. The van der Waals surface area contributed by atoms with Crippen molar-refractivity contribution in [3.8, 4) is 5.69 Å². The van der Waals surface area contributed by atoms with Gasteiger partial charge in [0.25, 0.3) is 0 Å². The van der Waals surface area contributed by atoms with Gasteiger partial charge in [-0.15, -0.1) is 16.9 Å². The lowest BCUT2D eigenvalue weighted by Crippen LogP contribution is -2.20. The summed E-state index contributed by atoms with van der Waals surface area (Å²) in [4.78, 5) is 3.49. The van der Waals surface area contributed by atoms with Crippen molar-refractivity contribution in [3.63, 3.8) is 0 Å². The molecule has 0 saturated heterocycles. The molecule has 0 radical (unpaired) electrons. The fourth-order valence-corrected chi connectivity index (χ4v) is 2.82. The van der Waals surface area contributed by atoms with Crippen LogP contribution in [0.5, 0.6) is 0 Å². The van der Waals surface area contributed by atoms with Crippen molar-refractivity contribution in [2.24, 2.45) is 0 Å². The summed E-state index contributed by atoms with van der Waals surface area (Å²) in [7, 11) is 2.08. The van der Waals surface area contributed by atoms with E-state index in [1.807, 2.05) is 30.3 Å². The molecule has 0 saturated carbocycles. The third-order valence-electron chi connectivity index (χ3n) is 3.56. The molecule has 0 unspecified atom stereocenters. The van der Waals surface area contributed by atoms with E-state index >= 15 is 0 Å². The van der Waals surface area contributed by atoms with Crippen LogP contribution in [0.3, 0.4) is 0 Å². The Balaban J connectivity index is 1.68. The Morgan fingerprint density at radius 1 is 1.00 bits per heavy atom. The molecular formula is C17H19N5S. The number of para-hydroxylation sites is 1. The van der Waals surface area contributed by atoms with Crippen molar-refractivity contribution < 1.29 is 0 Å². The zero-order valence-corrected chi connectivity index (χ0v) is 14.1. The van der Waals surface area contributed by atoms with E-state index < -0.39 is 0 Å². The molecule has 5 nitrogen and oxygen atoms in total. The van der Waals surface area contributed by atoms with Crippen LogP contribution in [0.25, 0.3) is 5.69 Å². The van der Waals surface area contributed by atoms with Crippen molar-refractivity contribution in [1.82, 2.24) is 25.1 Å². The second kappa shape index (κ2) is 7.39. The largest absolute Gasteiger partial charge is 0.295 e. The average Bonchev–Trinajstić information content (AvgIpc) is 3.04. The first-order chi connectivity index (χ1) is 11.3. The van der Waals surface area contributed by atoms with Crippen LogP contribution in [0, 0.1) is 0 Å². The van der Waals surface area contributed by atoms with Crippen molar-refractivity contribution in [2.45, 2.75) is 18.0 Å². The molecule has 0 bridgehead atoms. The van der Waals surface area contributed by atoms with E-state index in [1.54, 1.807) is 16.4 Å². The molecule has 0 fully saturated rings. The highest BCUT2D eigenvalue weighted by atomic mass is 32.2. The van der Waals surface area contributed by atoms with Crippen LogP contribution < -0.4 is 0 Å². The predicted molar refractivity (Wildman–Crippen MR) is 92.5 cm³/mol. The maximum atomic E-state index is 4.16. The number of thioether (sulfide) groups is 1. The monoisotopic (exact) mass is 325 g/mol. The topological polar surface area (TPSA) is 46.8 Å². The molecule has 0 spiro atoms. The summed E-state index contributed by atoms with van der Waals surface area (Å²) in [6, 6.07) is 18.6. The first kappa shape index (κ1) is 15.7. The minimum absolute atomic E-state index is 0.687. The van der Waals surface area contributed by atoms with Gasteiger partial charge in [-0.3, -0.25) is 4.90 Å². The van der Waals surface area contributed by atoms with Gasteiger partial charge in [-0.2, -0.15) is 4.68 Å². The summed E-state index contributed by atoms with van der Waals surface area (Å²) in [6.45, 7) is 1.54. The normalized spacial score (nSPS) is 11.1. The highest BCUT2D eigenvalue weighted by molar-refractivity contribution is 7.98. The summed E-state index contributed by atoms with van der Waals surface area (Å²) in [5.41, 5.74) is 2.26. The van der Waals surface area contributed by atoms with Crippen molar-refractivity contribution in [3.05, 3.63) is 66.0 Å². The number of nitrogens with zero attached hydrogens (tertiary/aromatic N) is 5. The first-order valence-electron chi connectivity index (χ1n) is 7.40. The van der Waals surface area contributed by atoms with E-state index in [1.165, 1.54) is 10.5 Å². The molecule has 2 aromatic carbocycles. The lowest BCUT2D eigenvalue weighted by molar-refractivity contribution is 0.307. The molecule has 118 valence electrons. The molecule has 3 aromatic rings. The molecule has 0 N–H and O–H groups in total. The maximum Gasteiger partial charge on any atom is 0.170 e. The van der Waals surface area contributed by atoms with Gasteiger partial charge in [-0.25, -0.2) is 0 Å². The first-order valence-corrected chi connectivity index (χ1v) is 8.63. The Morgan fingerprint density at radius 3 is 2.43 bits per heavy atom. The summed E-state index contributed by atoms with van der Waals surface area (Å²) < 4.78 is 1.79. The molecule has 0 amide bonds. The van der Waals surface area contributed by atoms with Crippen LogP contribution in [0.4, 0.5) is 0 Å². The second-order valence-electron chi connectivity index (χ2n) is 5.36. The van der Waals surface area contributed by atoms with E-state index in [4.69, 9.17) is 0 Å². The molecule has 3 rings (SSSR count). The molecule has 0 aliphatic heterocycles. The van der Waals surface area contributed by atoms with Gasteiger partial charge in [-0.1, -0.05) is 30.3 Å². The Labute approximate surface area is 140 Å². The summed E-state index contributed by atoms with van der Waals surface area (Å²) in [6.07, 6.45) is 2.09. The van der Waals surface area contributed by atoms with Crippen LogP contribution in [-0.2, 0) is 13.1 Å². The van der Waals surface area contributed by atoms with Gasteiger partial charge >= 0.3 is 0 Å². The van der Waals surface area contributed by atoms with Gasteiger partial charge in [0.05, 0.1) is 12.2 Å². The summed E-state index contributed by atoms with van der Waals surface area (Å²) in [5.74, 6) is 0.833. The molecule has 0 aliphatic carbocycles. The number of rotatable bonds is 6. The highest BCUT2D eigenvalue weighted by Crippen LogP contribution is 2.16. The molecule has 1 aromatic heterocycles. The molecule has 6 heteroatoms. The van der Waals surface area contributed by atoms with Gasteiger partial charge in [0, 0.05) is 11.4 Å². The number of tetrazole rings is 1. The highest BCUT2D eigenvalue weighted by Gasteiger charge is 2.11. The van der Waals surface area contributed by atoms with E-state index in [0.29, 0.717) is 6.54 Å². The summed E-state index contributed by atoms with van der Waals surface area (Å²) >= 11 is 1.76. The van der Waals surface area contributed by atoms with Crippen LogP contribution in [0.1, 0.15) is 11.4 Å². The standard InChI is InChI=1S/C17H19N5S/c1-21(12-14-8-10-16(23-2)11-9-14)13-17-18-19-20-22(17)15-6-4-3-5-7-15/h3-11H,12-13H2,1-2H3. The van der Waals surface area contributed by atoms with Crippen molar-refractivity contribution >= 4 is 11.8 Å². The van der Waals surface area contributed by atoms with Crippen LogP contribution in [0.2, 0.25) is 0 Å². The van der Waals surface area contributed by atoms with Gasteiger partial charge < -0.3 is 0 Å². The molecular weight excluding hydrogens is 306 g/mol. The minimum Gasteiger partial charge on any atom is -0.295 e. The Kier molecular flexibility index (Phi) is 5.05. The zero-order valence-electron chi connectivity index (χ0n) is 13.3. The van der Waals surface area contributed by atoms with E-state index in [9.17, 15) is 0 Å². The lowest BCUT2D eigenvalue weighted by Gasteiger charge is -2.16. The molecule has 0 atom stereocenters. The van der Waals surface area contributed by atoms with Gasteiger partial charge in [0.2, 0.25) is 0 Å². The van der Waals surface area contributed by atoms with Crippen molar-refractivity contribution in [2.75, 3.05) is 13.3 Å². The smallest absolute Gasteiger partial charge is 0.170 e. The van der Waals surface area contributed by atoms with E-state index in [0.717, 1.165) is 18.1 Å². The fraction of sp³-hybridized carbons (Fsp3) is 0.235. The van der Waals surface area contributed by atoms with Crippen LogP contribution >= 0.6 is 11.8 Å². The molecule has 23 heavy (non-hydrogen) atoms. The zero-order chi connectivity index (χ0) is 16.1. The maximum absolute atomic E-state index is 4.16. The molecule has 0 aliphatic rings. The van der Waals surface area contributed by atoms with Gasteiger partial charge in [-0.05, 0) is 53.6 Å². The number of hydrogen-bond donors (Lipinski definition) is 0. The number of benzene rings is 2. The third kappa shape index (κ3) is 3.97. The average molecular weight is 325 g/mol. The summed E-state index contributed by atoms with van der Waals surface area (Å²) in [5, 5.41) is 12.1. The van der Waals surface area contributed by atoms with Gasteiger partial charge in [0.15, 0.2) is 5.82 Å². The minimum atomic E-state index is 0.687. The van der Waals surface area contributed by atoms with Crippen LogP contribution in [0.15, 0.2) is 59.5 Å².